The first-order chi connectivity index (χ1) is 18.7. The molecule has 1 aromatic heterocycles. The van der Waals surface area contributed by atoms with Crippen LogP contribution in [0.3, 0.4) is 0 Å². The number of aliphatic hydroxyl groups is 1. The number of aryl methyl sites for hydroxylation is 1. The second-order valence-corrected chi connectivity index (χ2v) is 10.1. The van der Waals surface area contributed by atoms with Gasteiger partial charge in [0.25, 0.3) is 5.78 Å². The molecule has 0 spiro atoms. The van der Waals surface area contributed by atoms with Gasteiger partial charge in [0.2, 0.25) is 0 Å². The average Bonchev–Trinajstić information content (AvgIpc) is 3.58. The molecule has 10 nitrogen and oxygen atoms in total. The Kier molecular flexibility index (Phi) is 6.77. The Hall–Kier alpha value is -4.38. The first-order valence-electron chi connectivity index (χ1n) is 12.1. The Morgan fingerprint density at radius 1 is 1.13 bits per heavy atom. The minimum atomic E-state index is -1.11. The van der Waals surface area contributed by atoms with Crippen LogP contribution in [0.15, 0.2) is 42.0 Å². The molecule has 1 amide bonds. The van der Waals surface area contributed by atoms with Crippen LogP contribution in [0, 0.1) is 6.92 Å². The molecule has 11 heteroatoms. The zero-order valence-corrected chi connectivity index (χ0v) is 22.8. The molecule has 2 aromatic carbocycles. The Bertz CT molecular complexity index is 1540. The Balaban J connectivity index is 1.73. The zero-order chi connectivity index (χ0) is 28.0. The molecule has 1 N–H and O–H groups in total. The maximum atomic E-state index is 13.6. The fraction of sp³-hybridized carbons (Fsp3) is 0.286. The summed E-state index contributed by atoms with van der Waals surface area (Å²) < 4.78 is 21.5. The van der Waals surface area contributed by atoms with E-state index in [1.165, 1.54) is 26.2 Å². The number of carbonyl (C=O) groups is 3. The van der Waals surface area contributed by atoms with Gasteiger partial charge in [0.05, 0.1) is 32.6 Å². The highest BCUT2D eigenvalue weighted by Crippen LogP contribution is 2.47. The molecule has 3 heterocycles. The van der Waals surface area contributed by atoms with Crippen molar-refractivity contribution in [3.05, 3.63) is 69.2 Å². The van der Waals surface area contributed by atoms with Crippen molar-refractivity contribution in [1.82, 2.24) is 4.98 Å². The van der Waals surface area contributed by atoms with Gasteiger partial charge < -0.3 is 24.1 Å². The predicted octanol–water partition coefficient (Wildman–Crippen LogP) is 4.21. The van der Waals surface area contributed by atoms with Gasteiger partial charge in [-0.05, 0) is 49.7 Å². The van der Waals surface area contributed by atoms with Crippen molar-refractivity contribution in [3.8, 4) is 17.2 Å². The maximum absolute atomic E-state index is 13.6. The van der Waals surface area contributed by atoms with Crippen LogP contribution >= 0.6 is 11.3 Å². The number of rotatable bonds is 6. The third-order valence-electron chi connectivity index (χ3n) is 6.71. The number of benzene rings is 2. The fourth-order valence-electron chi connectivity index (χ4n) is 4.86. The molecular formula is C28H26N2O8S. The standard InChI is InChI=1S/C28H26N2O8S/c1-13-10-16-11-15(6-9-19(16)38-13)23(31)21-22(18-8-7-17(35-3)12-20(18)36-4)30(26(33)24(21)32)28-29-14(2)25(39-28)27(34)37-5/h6-9,11-13,22,31H,10H2,1-5H3. The van der Waals surface area contributed by atoms with Crippen LogP contribution in [-0.2, 0) is 20.7 Å². The van der Waals surface area contributed by atoms with E-state index in [-0.39, 0.29) is 27.4 Å². The molecule has 1 saturated heterocycles. The Morgan fingerprint density at radius 2 is 1.90 bits per heavy atom. The van der Waals surface area contributed by atoms with Crippen LogP contribution in [0.2, 0.25) is 0 Å². The summed E-state index contributed by atoms with van der Waals surface area (Å²) in [6.45, 7) is 3.55. The van der Waals surface area contributed by atoms with Gasteiger partial charge in [-0.25, -0.2) is 9.78 Å². The maximum Gasteiger partial charge on any atom is 0.350 e. The van der Waals surface area contributed by atoms with Gasteiger partial charge in [-0.2, -0.15) is 0 Å². The molecule has 202 valence electrons. The molecule has 0 bridgehead atoms. The molecule has 0 saturated carbocycles. The van der Waals surface area contributed by atoms with Crippen LogP contribution < -0.4 is 19.1 Å². The molecule has 3 aromatic rings. The number of aromatic nitrogens is 1. The summed E-state index contributed by atoms with van der Waals surface area (Å²) in [6, 6.07) is 8.98. The van der Waals surface area contributed by atoms with Crippen molar-refractivity contribution >= 4 is 39.9 Å². The molecule has 0 aliphatic carbocycles. The van der Waals surface area contributed by atoms with Crippen LogP contribution in [0.5, 0.6) is 17.2 Å². The van der Waals surface area contributed by atoms with Gasteiger partial charge in [-0.1, -0.05) is 11.3 Å². The topological polar surface area (TPSA) is 124 Å². The molecule has 2 aliphatic rings. The van der Waals surface area contributed by atoms with Gasteiger partial charge in [0.15, 0.2) is 5.13 Å². The van der Waals surface area contributed by atoms with E-state index in [9.17, 15) is 19.5 Å². The van der Waals surface area contributed by atoms with Gasteiger partial charge in [0, 0.05) is 23.6 Å². The largest absolute Gasteiger partial charge is 0.507 e. The number of Topliss-reactive ketones (excluding diaryl/α,β-unsaturated/α-hetero) is 1. The summed E-state index contributed by atoms with van der Waals surface area (Å²) in [5.41, 5.74) is 1.88. The number of anilines is 1. The van der Waals surface area contributed by atoms with Crippen LogP contribution in [0.4, 0.5) is 5.13 Å². The quantitative estimate of drug-likeness (QED) is 0.208. The minimum absolute atomic E-state index is 0.0105. The number of hydrogen-bond donors (Lipinski definition) is 1. The highest BCUT2D eigenvalue weighted by atomic mass is 32.1. The van der Waals surface area contributed by atoms with E-state index in [1.807, 2.05) is 6.92 Å². The number of amides is 1. The summed E-state index contributed by atoms with van der Waals surface area (Å²) in [6.07, 6.45) is 0.638. The lowest BCUT2D eigenvalue weighted by Gasteiger charge is -2.24. The van der Waals surface area contributed by atoms with Gasteiger partial charge in [-0.15, -0.1) is 0 Å². The highest BCUT2D eigenvalue weighted by Gasteiger charge is 2.49. The van der Waals surface area contributed by atoms with Crippen molar-refractivity contribution in [2.75, 3.05) is 26.2 Å². The third-order valence-corrected chi connectivity index (χ3v) is 7.85. The number of hydrogen-bond acceptors (Lipinski definition) is 10. The van der Waals surface area contributed by atoms with Crippen molar-refractivity contribution in [1.29, 1.82) is 0 Å². The molecule has 39 heavy (non-hydrogen) atoms. The van der Waals surface area contributed by atoms with Crippen molar-refractivity contribution in [2.45, 2.75) is 32.4 Å². The van der Waals surface area contributed by atoms with Crippen molar-refractivity contribution < 1.29 is 38.4 Å². The zero-order valence-electron chi connectivity index (χ0n) is 21.9. The van der Waals surface area contributed by atoms with Gasteiger partial charge in [0.1, 0.15) is 40.0 Å². The summed E-state index contributed by atoms with van der Waals surface area (Å²) in [7, 11) is 4.21. The van der Waals surface area contributed by atoms with E-state index >= 15 is 0 Å². The summed E-state index contributed by atoms with van der Waals surface area (Å²) in [4.78, 5) is 45.2. The van der Waals surface area contributed by atoms with Gasteiger partial charge in [-0.3, -0.25) is 14.5 Å². The summed E-state index contributed by atoms with van der Waals surface area (Å²) in [5, 5.41) is 11.6. The predicted molar refractivity (Wildman–Crippen MR) is 143 cm³/mol. The van der Waals surface area contributed by atoms with E-state index in [2.05, 4.69) is 4.98 Å². The number of methoxy groups -OCH3 is 3. The van der Waals surface area contributed by atoms with Gasteiger partial charge >= 0.3 is 11.9 Å². The Labute approximate surface area is 228 Å². The molecule has 5 rings (SSSR count). The Morgan fingerprint density at radius 3 is 2.59 bits per heavy atom. The average molecular weight is 551 g/mol. The molecule has 0 radical (unpaired) electrons. The van der Waals surface area contributed by atoms with E-state index in [0.29, 0.717) is 40.5 Å². The molecular weight excluding hydrogens is 524 g/mol. The normalized spacial score (nSPS) is 19.6. The lowest BCUT2D eigenvalue weighted by atomic mass is 9.94. The third kappa shape index (κ3) is 4.38. The van der Waals surface area contributed by atoms with E-state index in [1.54, 1.807) is 43.3 Å². The fourth-order valence-corrected chi connectivity index (χ4v) is 5.87. The molecule has 2 atom stereocenters. The number of ketones is 1. The number of ether oxygens (including phenoxy) is 4. The lowest BCUT2D eigenvalue weighted by Crippen LogP contribution is -2.29. The molecule has 2 unspecified atom stereocenters. The number of esters is 1. The van der Waals surface area contributed by atoms with E-state index < -0.39 is 23.7 Å². The van der Waals surface area contributed by atoms with Crippen LogP contribution in [-0.4, -0.2) is 55.2 Å². The number of fused-ring (bicyclic) bond motifs is 1. The van der Waals surface area contributed by atoms with E-state index in [0.717, 1.165) is 16.9 Å². The SMILES string of the molecule is COC(=O)c1sc(N2C(=O)C(=O)C(=C(O)c3ccc4c(c3)CC(C)O4)C2c2ccc(OC)cc2OC)nc1C. The molecule has 2 aliphatic heterocycles. The number of aliphatic hydroxyl groups excluding tert-OH is 1. The molecule has 1 fully saturated rings. The summed E-state index contributed by atoms with van der Waals surface area (Å²) in [5.74, 6) is -1.21. The minimum Gasteiger partial charge on any atom is -0.507 e. The summed E-state index contributed by atoms with van der Waals surface area (Å²) >= 11 is 0.922. The lowest BCUT2D eigenvalue weighted by molar-refractivity contribution is -0.132. The number of nitrogens with zero attached hydrogens (tertiary/aromatic N) is 2. The van der Waals surface area contributed by atoms with Crippen molar-refractivity contribution in [3.63, 3.8) is 0 Å². The number of carbonyl (C=O) groups excluding carboxylic acids is 3. The van der Waals surface area contributed by atoms with Crippen LogP contribution in [0.25, 0.3) is 5.76 Å². The second-order valence-electron chi connectivity index (χ2n) is 9.13. The van der Waals surface area contributed by atoms with Crippen LogP contribution in [0.1, 0.15) is 45.0 Å². The number of thiazole rings is 1. The smallest absolute Gasteiger partial charge is 0.350 e. The first kappa shape index (κ1) is 26.2. The monoisotopic (exact) mass is 550 g/mol. The van der Waals surface area contributed by atoms with E-state index in [4.69, 9.17) is 18.9 Å². The first-order valence-corrected chi connectivity index (χ1v) is 12.9. The second kappa shape index (κ2) is 10.1. The highest BCUT2D eigenvalue weighted by molar-refractivity contribution is 7.17. The van der Waals surface area contributed by atoms with Crippen molar-refractivity contribution in [2.24, 2.45) is 0 Å².